The number of hydrogen-bond donors (Lipinski definition) is 2. The average Bonchev–Trinajstić information content (AvgIpc) is 3.47. The van der Waals surface area contributed by atoms with Crippen LogP contribution in [-0.2, 0) is 25.6 Å². The topological polar surface area (TPSA) is 102 Å². The molecule has 0 bridgehead atoms. The molecule has 3 aliphatic heterocycles. The Morgan fingerprint density at radius 3 is 2.38 bits per heavy atom. The van der Waals surface area contributed by atoms with Crippen LogP contribution < -0.4 is 5.32 Å². The molecule has 0 unspecified atom stereocenters. The van der Waals surface area contributed by atoms with Gasteiger partial charge in [0.25, 0.3) is 5.91 Å². The molecule has 9 nitrogen and oxygen atoms in total. The lowest BCUT2D eigenvalue weighted by Crippen LogP contribution is -2.48. The van der Waals surface area contributed by atoms with Crippen molar-refractivity contribution < 1.29 is 28.8 Å². The Morgan fingerprint density at radius 2 is 1.70 bits per heavy atom. The number of aliphatic hydroxyl groups excluding tert-OH is 1. The molecule has 3 aliphatic rings. The summed E-state index contributed by atoms with van der Waals surface area (Å²) in [6.45, 7) is 3.94. The Labute approximate surface area is 234 Å². The first-order valence-electron chi connectivity index (χ1n) is 13.9. The number of aliphatic hydroxyl groups is 1. The molecule has 9 heteroatoms. The Balaban J connectivity index is 1.15. The van der Waals surface area contributed by atoms with Crippen molar-refractivity contribution in [2.24, 2.45) is 0 Å². The number of benzene rings is 2. The van der Waals surface area contributed by atoms with E-state index in [0.717, 1.165) is 55.6 Å². The minimum Gasteiger partial charge on any atom is -0.392 e. The molecule has 6 rings (SSSR count). The SMILES string of the molecule is O=C(Nc1ccc([C@H]2O[C@@H](CN3CCC4(CC3)OCCO4)C[C@@H](c3ccc(CO)cc3)O2)cc1)c1cccnc1. The van der Waals surface area contributed by atoms with Gasteiger partial charge in [-0.15, -0.1) is 0 Å². The van der Waals surface area contributed by atoms with E-state index >= 15 is 0 Å². The smallest absolute Gasteiger partial charge is 0.257 e. The number of hydrogen-bond acceptors (Lipinski definition) is 8. The van der Waals surface area contributed by atoms with Crippen LogP contribution in [0.1, 0.15) is 58.7 Å². The number of aromatic nitrogens is 1. The van der Waals surface area contributed by atoms with Gasteiger partial charge in [-0.1, -0.05) is 36.4 Å². The summed E-state index contributed by atoms with van der Waals surface area (Å²) in [6.07, 6.45) is 4.87. The number of nitrogens with one attached hydrogen (secondary N) is 1. The highest BCUT2D eigenvalue weighted by Crippen LogP contribution is 2.39. The van der Waals surface area contributed by atoms with Crippen LogP contribution in [-0.4, -0.2) is 65.6 Å². The van der Waals surface area contributed by atoms with Gasteiger partial charge < -0.3 is 34.3 Å². The van der Waals surface area contributed by atoms with Crippen molar-refractivity contribution in [3.8, 4) is 0 Å². The van der Waals surface area contributed by atoms with Crippen molar-refractivity contribution in [1.29, 1.82) is 0 Å². The molecule has 3 saturated heterocycles. The predicted octanol–water partition coefficient (Wildman–Crippen LogP) is 4.21. The highest BCUT2D eigenvalue weighted by atomic mass is 16.7. The van der Waals surface area contributed by atoms with Crippen molar-refractivity contribution in [3.05, 3.63) is 95.3 Å². The van der Waals surface area contributed by atoms with E-state index < -0.39 is 12.1 Å². The van der Waals surface area contributed by atoms with E-state index in [1.165, 1.54) is 6.20 Å². The molecule has 3 aromatic rings. The summed E-state index contributed by atoms with van der Waals surface area (Å²) in [5, 5.41) is 12.4. The van der Waals surface area contributed by atoms with Crippen LogP contribution in [0.2, 0.25) is 0 Å². The third kappa shape index (κ3) is 6.25. The number of anilines is 1. The largest absolute Gasteiger partial charge is 0.392 e. The van der Waals surface area contributed by atoms with Gasteiger partial charge in [0.15, 0.2) is 12.1 Å². The molecule has 210 valence electrons. The quantitative estimate of drug-likeness (QED) is 0.455. The number of pyridine rings is 1. The highest BCUT2D eigenvalue weighted by Gasteiger charge is 2.41. The van der Waals surface area contributed by atoms with Crippen LogP contribution in [0.3, 0.4) is 0 Å². The number of rotatable bonds is 7. The predicted molar refractivity (Wildman–Crippen MR) is 147 cm³/mol. The number of ether oxygens (including phenoxy) is 4. The number of carbonyl (C=O) groups excluding carboxylic acids is 1. The number of nitrogens with zero attached hydrogens (tertiary/aromatic N) is 2. The van der Waals surface area contributed by atoms with Crippen LogP contribution in [0.5, 0.6) is 0 Å². The Morgan fingerprint density at radius 1 is 0.975 bits per heavy atom. The lowest BCUT2D eigenvalue weighted by molar-refractivity contribution is -0.255. The molecule has 1 spiro atoms. The lowest BCUT2D eigenvalue weighted by Gasteiger charge is -2.41. The summed E-state index contributed by atoms with van der Waals surface area (Å²) in [6, 6.07) is 18.9. The number of piperidine rings is 1. The molecule has 1 aromatic heterocycles. The minimum atomic E-state index is -0.554. The van der Waals surface area contributed by atoms with Crippen molar-refractivity contribution in [1.82, 2.24) is 9.88 Å². The maximum Gasteiger partial charge on any atom is 0.257 e. The van der Waals surface area contributed by atoms with E-state index in [4.69, 9.17) is 18.9 Å². The molecule has 40 heavy (non-hydrogen) atoms. The second kappa shape index (κ2) is 12.1. The van der Waals surface area contributed by atoms with E-state index in [1.807, 2.05) is 48.5 Å². The molecule has 0 aliphatic carbocycles. The van der Waals surface area contributed by atoms with E-state index in [2.05, 4.69) is 15.2 Å². The van der Waals surface area contributed by atoms with Gasteiger partial charge in [-0.05, 0) is 35.4 Å². The fraction of sp³-hybridized carbons (Fsp3) is 0.419. The molecule has 2 N–H and O–H groups in total. The van der Waals surface area contributed by atoms with Crippen molar-refractivity contribution in [3.63, 3.8) is 0 Å². The Hall–Kier alpha value is -3.18. The van der Waals surface area contributed by atoms with Crippen LogP contribution in [0.15, 0.2) is 73.1 Å². The van der Waals surface area contributed by atoms with E-state index in [9.17, 15) is 9.90 Å². The zero-order valence-electron chi connectivity index (χ0n) is 22.4. The van der Waals surface area contributed by atoms with Gasteiger partial charge in [0.1, 0.15) is 0 Å². The molecule has 3 fully saturated rings. The first kappa shape index (κ1) is 27.0. The van der Waals surface area contributed by atoms with Gasteiger partial charge in [-0.25, -0.2) is 0 Å². The van der Waals surface area contributed by atoms with Crippen molar-refractivity contribution >= 4 is 11.6 Å². The zero-order valence-corrected chi connectivity index (χ0v) is 22.4. The summed E-state index contributed by atoms with van der Waals surface area (Å²) in [7, 11) is 0. The van der Waals surface area contributed by atoms with Crippen LogP contribution >= 0.6 is 0 Å². The van der Waals surface area contributed by atoms with Gasteiger partial charge in [0.2, 0.25) is 0 Å². The van der Waals surface area contributed by atoms with Gasteiger partial charge in [-0.2, -0.15) is 0 Å². The van der Waals surface area contributed by atoms with Crippen LogP contribution in [0, 0.1) is 0 Å². The zero-order chi connectivity index (χ0) is 27.4. The number of likely N-dealkylation sites (tertiary alicyclic amines) is 1. The molecule has 0 saturated carbocycles. The molecule has 1 amide bonds. The highest BCUT2D eigenvalue weighted by molar-refractivity contribution is 6.04. The molecule has 0 radical (unpaired) electrons. The normalized spacial score (nSPS) is 24.7. The third-order valence-electron chi connectivity index (χ3n) is 7.87. The van der Waals surface area contributed by atoms with E-state index in [-0.39, 0.29) is 24.7 Å². The molecule has 3 atom stereocenters. The molecule has 2 aromatic carbocycles. The van der Waals surface area contributed by atoms with Crippen LogP contribution in [0.25, 0.3) is 0 Å². The average molecular weight is 546 g/mol. The summed E-state index contributed by atoms with van der Waals surface area (Å²) in [4.78, 5) is 19.0. The van der Waals surface area contributed by atoms with E-state index in [1.54, 1.807) is 18.3 Å². The van der Waals surface area contributed by atoms with Crippen LogP contribution in [0.4, 0.5) is 5.69 Å². The summed E-state index contributed by atoms with van der Waals surface area (Å²) >= 11 is 0. The van der Waals surface area contributed by atoms with Gasteiger partial charge in [0, 0.05) is 62.5 Å². The Kier molecular flexibility index (Phi) is 8.20. The number of carbonyl (C=O) groups is 1. The Bertz CT molecular complexity index is 1250. The second-order valence-electron chi connectivity index (χ2n) is 10.6. The monoisotopic (exact) mass is 545 g/mol. The maximum absolute atomic E-state index is 12.5. The molecule has 4 heterocycles. The van der Waals surface area contributed by atoms with Gasteiger partial charge >= 0.3 is 0 Å². The third-order valence-corrected chi connectivity index (χ3v) is 7.87. The standard InChI is InChI=1S/C31H35N3O6/c35-21-22-3-5-23(6-4-22)28-18-27(20-34-14-11-31(12-15-34)37-16-17-38-31)39-30(40-28)24-7-9-26(10-8-24)33-29(36)25-2-1-13-32-19-25/h1-10,13,19,27-28,30,35H,11-12,14-18,20-21H2,(H,33,36)/t27-,28+,30+/m1/s1. The lowest BCUT2D eigenvalue weighted by atomic mass is 9.98. The maximum atomic E-state index is 12.5. The summed E-state index contributed by atoms with van der Waals surface area (Å²) in [5.74, 6) is -0.616. The van der Waals surface area contributed by atoms with E-state index in [0.29, 0.717) is 24.5 Å². The van der Waals surface area contributed by atoms with Crippen molar-refractivity contribution in [2.45, 2.75) is 50.2 Å². The summed E-state index contributed by atoms with van der Waals surface area (Å²) in [5.41, 5.74) is 3.98. The molecular formula is C31H35N3O6. The summed E-state index contributed by atoms with van der Waals surface area (Å²) < 4.78 is 24.8. The van der Waals surface area contributed by atoms with Gasteiger partial charge in [0.05, 0.1) is 37.6 Å². The first-order chi connectivity index (χ1) is 19.6. The number of amides is 1. The minimum absolute atomic E-state index is 0.00765. The fourth-order valence-electron chi connectivity index (χ4n) is 5.61. The first-order valence-corrected chi connectivity index (χ1v) is 13.9. The van der Waals surface area contributed by atoms with Crippen molar-refractivity contribution in [2.75, 3.05) is 38.2 Å². The fourth-order valence-corrected chi connectivity index (χ4v) is 5.61. The second-order valence-corrected chi connectivity index (χ2v) is 10.6. The molecular weight excluding hydrogens is 510 g/mol. The van der Waals surface area contributed by atoms with Gasteiger partial charge in [-0.3, -0.25) is 9.78 Å².